The van der Waals surface area contributed by atoms with Crippen molar-refractivity contribution in [2.75, 3.05) is 29.1 Å². The van der Waals surface area contributed by atoms with Crippen LogP contribution < -0.4 is 15.5 Å². The third-order valence-electron chi connectivity index (χ3n) is 4.46. The normalized spacial score (nSPS) is 10.1. The highest BCUT2D eigenvalue weighted by Gasteiger charge is 2.17. The highest BCUT2D eigenvalue weighted by molar-refractivity contribution is 6.12. The van der Waals surface area contributed by atoms with Crippen molar-refractivity contribution in [3.63, 3.8) is 0 Å². The van der Waals surface area contributed by atoms with E-state index in [2.05, 4.69) is 10.6 Å². The van der Waals surface area contributed by atoms with Crippen LogP contribution in [0.4, 0.5) is 21.9 Å². The summed E-state index contributed by atoms with van der Waals surface area (Å²) in [5, 5.41) is 23.0. The molecule has 2 amide bonds. The molecule has 0 atom stereocenters. The fraction of sp³-hybridized carbons (Fsp3) is 0.273. The number of carbonyl (C=O) groups is 3. The molecule has 3 N–H and O–H groups in total. The summed E-state index contributed by atoms with van der Waals surface area (Å²) >= 11 is 0. The van der Waals surface area contributed by atoms with E-state index in [0.717, 1.165) is 24.2 Å². The summed E-state index contributed by atoms with van der Waals surface area (Å²) in [6, 6.07) is 11.4. The first-order valence-electron chi connectivity index (χ1n) is 9.44. The molecule has 0 saturated carbocycles. The predicted molar refractivity (Wildman–Crippen MR) is 115 cm³/mol. The molecule has 30 heavy (non-hydrogen) atoms. The van der Waals surface area contributed by atoms with Crippen LogP contribution >= 0.6 is 0 Å². The Morgan fingerprint density at radius 1 is 1.13 bits per heavy atom. The van der Waals surface area contributed by atoms with Crippen molar-refractivity contribution >= 4 is 34.8 Å². The van der Waals surface area contributed by atoms with Crippen LogP contribution in [0, 0.1) is 18.3 Å². The van der Waals surface area contributed by atoms with Crippen molar-refractivity contribution in [2.45, 2.75) is 26.7 Å². The first-order valence-corrected chi connectivity index (χ1v) is 9.44. The van der Waals surface area contributed by atoms with E-state index in [1.807, 2.05) is 31.9 Å². The molecule has 0 heterocycles. The van der Waals surface area contributed by atoms with Crippen molar-refractivity contribution in [3.8, 4) is 6.07 Å². The van der Waals surface area contributed by atoms with Gasteiger partial charge in [0.2, 0.25) is 5.91 Å². The second-order valence-corrected chi connectivity index (χ2v) is 6.88. The standard InChI is InChI=1S/C22H24N4O4/c1-4-8-26(3)19-11-18(17(9-14(19)2)25-22(29)30)24-21(28)12-20(27)16-7-5-6-15(10-16)13-23/h5-7,9-11,25H,4,8,12H2,1-3H3,(H,24,28)(H,29,30). The molecule has 2 aromatic rings. The number of hydrogen-bond acceptors (Lipinski definition) is 5. The second-order valence-electron chi connectivity index (χ2n) is 6.88. The van der Waals surface area contributed by atoms with E-state index in [4.69, 9.17) is 10.4 Å². The van der Waals surface area contributed by atoms with Crippen LogP contribution in [-0.4, -0.2) is 36.5 Å². The summed E-state index contributed by atoms with van der Waals surface area (Å²) in [6.45, 7) is 4.68. The zero-order valence-electron chi connectivity index (χ0n) is 17.2. The van der Waals surface area contributed by atoms with E-state index in [9.17, 15) is 14.4 Å². The lowest BCUT2D eigenvalue weighted by molar-refractivity contribution is -0.115. The monoisotopic (exact) mass is 408 g/mol. The summed E-state index contributed by atoms with van der Waals surface area (Å²) < 4.78 is 0. The first kappa shape index (κ1) is 22.4. The van der Waals surface area contributed by atoms with Gasteiger partial charge in [0.15, 0.2) is 5.78 Å². The summed E-state index contributed by atoms with van der Waals surface area (Å²) in [5.41, 5.74) is 2.77. The molecule has 0 spiro atoms. The van der Waals surface area contributed by atoms with Crippen LogP contribution in [0.3, 0.4) is 0 Å². The minimum Gasteiger partial charge on any atom is -0.465 e. The number of nitrogens with zero attached hydrogens (tertiary/aromatic N) is 2. The van der Waals surface area contributed by atoms with Gasteiger partial charge in [0.05, 0.1) is 29.4 Å². The molecule has 0 saturated heterocycles. The van der Waals surface area contributed by atoms with Gasteiger partial charge in [-0.05, 0) is 43.2 Å². The lowest BCUT2D eigenvalue weighted by atomic mass is 10.1. The number of carbonyl (C=O) groups excluding carboxylic acids is 2. The topological polar surface area (TPSA) is 123 Å². The Kier molecular flexibility index (Phi) is 7.53. The molecule has 0 radical (unpaired) electrons. The molecule has 0 aliphatic rings. The molecule has 0 fully saturated rings. The lowest BCUT2D eigenvalue weighted by Crippen LogP contribution is -2.21. The summed E-state index contributed by atoms with van der Waals surface area (Å²) in [6.07, 6.45) is -0.776. The van der Waals surface area contributed by atoms with E-state index < -0.39 is 24.2 Å². The Hall–Kier alpha value is -3.86. The molecule has 0 aliphatic carbocycles. The van der Waals surface area contributed by atoms with Crippen LogP contribution in [0.5, 0.6) is 0 Å². The van der Waals surface area contributed by atoms with Crippen molar-refractivity contribution < 1.29 is 19.5 Å². The van der Waals surface area contributed by atoms with Crippen molar-refractivity contribution in [1.82, 2.24) is 0 Å². The second kappa shape index (κ2) is 10.1. The van der Waals surface area contributed by atoms with Gasteiger partial charge in [-0.15, -0.1) is 0 Å². The molecule has 0 unspecified atom stereocenters. The summed E-state index contributed by atoms with van der Waals surface area (Å²) in [7, 11) is 1.91. The largest absolute Gasteiger partial charge is 0.465 e. The maximum absolute atomic E-state index is 12.5. The highest BCUT2D eigenvalue weighted by atomic mass is 16.4. The average molecular weight is 408 g/mol. The molecular formula is C22H24N4O4. The zero-order chi connectivity index (χ0) is 22.3. The fourth-order valence-electron chi connectivity index (χ4n) is 3.09. The van der Waals surface area contributed by atoms with E-state index >= 15 is 0 Å². The average Bonchev–Trinajstić information content (AvgIpc) is 2.69. The van der Waals surface area contributed by atoms with Gasteiger partial charge in [-0.25, -0.2) is 4.79 Å². The Labute approximate surface area is 175 Å². The number of ketones is 1. The third kappa shape index (κ3) is 5.82. The van der Waals surface area contributed by atoms with Gasteiger partial charge >= 0.3 is 6.09 Å². The molecule has 0 aliphatic heterocycles. The molecule has 156 valence electrons. The van der Waals surface area contributed by atoms with Crippen LogP contribution in [0.25, 0.3) is 0 Å². The minimum atomic E-state index is -1.26. The fourth-order valence-corrected chi connectivity index (χ4v) is 3.09. The Bertz CT molecular complexity index is 1010. The van der Waals surface area contributed by atoms with E-state index in [-0.39, 0.29) is 16.9 Å². The molecule has 2 rings (SSSR count). The number of rotatable bonds is 8. The van der Waals surface area contributed by atoms with E-state index in [0.29, 0.717) is 5.56 Å². The Morgan fingerprint density at radius 2 is 1.83 bits per heavy atom. The van der Waals surface area contributed by atoms with Gasteiger partial charge in [-0.2, -0.15) is 5.26 Å². The van der Waals surface area contributed by atoms with Crippen molar-refractivity contribution in [3.05, 3.63) is 53.1 Å². The lowest BCUT2D eigenvalue weighted by Gasteiger charge is -2.23. The van der Waals surface area contributed by atoms with Crippen LogP contribution in [0.2, 0.25) is 0 Å². The quantitative estimate of drug-likeness (QED) is 0.448. The molecule has 0 bridgehead atoms. The van der Waals surface area contributed by atoms with E-state index in [1.165, 1.54) is 12.1 Å². The maximum atomic E-state index is 12.5. The number of nitriles is 1. The Balaban J connectivity index is 2.26. The van der Waals surface area contributed by atoms with Gasteiger partial charge in [-0.1, -0.05) is 19.1 Å². The maximum Gasteiger partial charge on any atom is 0.409 e. The number of benzene rings is 2. The van der Waals surface area contributed by atoms with Gasteiger partial charge in [-0.3, -0.25) is 14.9 Å². The third-order valence-corrected chi connectivity index (χ3v) is 4.46. The number of Topliss-reactive ketones (excluding diaryl/α,β-unsaturated/α-hetero) is 1. The predicted octanol–water partition coefficient (Wildman–Crippen LogP) is 4.01. The molecular weight excluding hydrogens is 384 g/mol. The van der Waals surface area contributed by atoms with Gasteiger partial charge in [0.25, 0.3) is 0 Å². The van der Waals surface area contributed by atoms with Gasteiger partial charge in [0, 0.05) is 24.8 Å². The van der Waals surface area contributed by atoms with Gasteiger partial charge in [0.1, 0.15) is 0 Å². The zero-order valence-corrected chi connectivity index (χ0v) is 17.2. The number of nitrogens with one attached hydrogen (secondary N) is 2. The molecule has 8 heteroatoms. The number of amides is 2. The van der Waals surface area contributed by atoms with Crippen molar-refractivity contribution in [2.24, 2.45) is 0 Å². The van der Waals surface area contributed by atoms with Crippen LogP contribution in [-0.2, 0) is 4.79 Å². The molecule has 0 aromatic heterocycles. The van der Waals surface area contributed by atoms with Crippen molar-refractivity contribution in [1.29, 1.82) is 5.26 Å². The summed E-state index contributed by atoms with van der Waals surface area (Å²) in [4.78, 5) is 38.1. The SMILES string of the molecule is CCCN(C)c1cc(NC(=O)CC(=O)c2cccc(C#N)c2)c(NC(=O)O)cc1C. The molecule has 8 nitrogen and oxygen atoms in total. The van der Waals surface area contributed by atoms with Crippen LogP contribution in [0.1, 0.15) is 41.3 Å². The smallest absolute Gasteiger partial charge is 0.409 e. The van der Waals surface area contributed by atoms with E-state index in [1.54, 1.807) is 24.3 Å². The first-order chi connectivity index (χ1) is 14.2. The Morgan fingerprint density at radius 3 is 2.47 bits per heavy atom. The van der Waals surface area contributed by atoms with Gasteiger partial charge < -0.3 is 15.3 Å². The number of anilines is 3. The number of aryl methyl sites for hydroxylation is 1. The number of carboxylic acid groups (broad SMARTS) is 1. The highest BCUT2D eigenvalue weighted by Crippen LogP contribution is 2.31. The molecule has 2 aromatic carbocycles. The summed E-state index contributed by atoms with van der Waals surface area (Å²) in [5.74, 6) is -1.02. The van der Waals surface area contributed by atoms with Crippen LogP contribution in [0.15, 0.2) is 36.4 Å². The minimum absolute atomic E-state index is 0.223. The number of hydrogen-bond donors (Lipinski definition) is 3.